The van der Waals surface area contributed by atoms with Gasteiger partial charge < -0.3 is 24.0 Å². The normalized spacial score (nSPS) is 11.5. The second-order valence-electron chi connectivity index (χ2n) is 5.60. The van der Waals surface area contributed by atoms with Gasteiger partial charge in [0.1, 0.15) is 0 Å². The van der Waals surface area contributed by atoms with Gasteiger partial charge in [-0.1, -0.05) is 0 Å². The molecule has 0 aliphatic heterocycles. The van der Waals surface area contributed by atoms with Gasteiger partial charge in [0.05, 0.1) is 7.11 Å². The molecule has 140 valence electrons. The second kappa shape index (κ2) is 8.23. The number of rotatable bonds is 7. The first-order chi connectivity index (χ1) is 12.3. The molecule has 0 N–H and O–H groups in total. The highest BCUT2D eigenvalue weighted by atomic mass is 16.6. The zero-order chi connectivity index (χ0) is 19.3. The number of hydrogen-bond acceptors (Lipinski definition) is 11. The van der Waals surface area contributed by atoms with Crippen LogP contribution >= 0.6 is 0 Å². The largest absolute Gasteiger partial charge is 0.466 e. The Morgan fingerprint density at radius 2 is 1.50 bits per heavy atom. The summed E-state index contributed by atoms with van der Waals surface area (Å²) in [6.45, 7) is 1.55. The lowest BCUT2D eigenvalue weighted by atomic mass is 10.4. The Hall–Kier alpha value is -3.24. The van der Waals surface area contributed by atoms with Crippen LogP contribution in [-0.4, -0.2) is 72.5 Å². The topological polar surface area (TPSA) is 116 Å². The van der Waals surface area contributed by atoms with Crippen molar-refractivity contribution in [3.8, 4) is 17.8 Å². The molecule has 2 heterocycles. The molecule has 0 aliphatic carbocycles. The maximum atomic E-state index is 11.3. The number of anilines is 2. The highest BCUT2D eigenvalue weighted by Crippen LogP contribution is 2.20. The smallest absolute Gasteiger partial charge is 0.346 e. The number of carbonyl (C=O) groups excluding carboxylic acids is 1. The van der Waals surface area contributed by atoms with Crippen LogP contribution in [0.2, 0.25) is 0 Å². The summed E-state index contributed by atoms with van der Waals surface area (Å²) in [6.07, 6.45) is -0.796. The van der Waals surface area contributed by atoms with Crippen molar-refractivity contribution in [1.29, 1.82) is 0 Å². The summed E-state index contributed by atoms with van der Waals surface area (Å²) in [6, 6.07) is 3.13. The predicted octanol–water partition coefficient (Wildman–Crippen LogP) is 0.526. The molecular weight excluding hydrogens is 342 g/mol. The minimum atomic E-state index is -0.796. The molecule has 0 spiro atoms. The van der Waals surface area contributed by atoms with E-state index in [1.165, 1.54) is 19.2 Å². The number of hydrogen-bond donors (Lipinski definition) is 0. The van der Waals surface area contributed by atoms with Crippen molar-refractivity contribution in [2.45, 2.75) is 13.0 Å². The van der Waals surface area contributed by atoms with Crippen LogP contribution in [0.3, 0.4) is 0 Å². The van der Waals surface area contributed by atoms with Crippen LogP contribution in [0, 0.1) is 0 Å². The van der Waals surface area contributed by atoms with E-state index in [2.05, 4.69) is 29.9 Å². The van der Waals surface area contributed by atoms with Gasteiger partial charge in [-0.3, -0.25) is 0 Å². The minimum absolute atomic E-state index is 0.0818. The van der Waals surface area contributed by atoms with E-state index in [1.54, 1.807) is 16.7 Å². The summed E-state index contributed by atoms with van der Waals surface area (Å²) in [5, 5.41) is 7.73. The third kappa shape index (κ3) is 4.88. The molecule has 11 nitrogen and oxygen atoms in total. The highest BCUT2D eigenvalue weighted by Gasteiger charge is 2.16. The third-order valence-corrected chi connectivity index (χ3v) is 3.03. The van der Waals surface area contributed by atoms with Gasteiger partial charge in [0.15, 0.2) is 6.10 Å². The van der Waals surface area contributed by atoms with E-state index in [9.17, 15) is 4.79 Å². The Bertz CT molecular complexity index is 726. The van der Waals surface area contributed by atoms with Gasteiger partial charge >= 0.3 is 12.0 Å². The predicted molar refractivity (Wildman–Crippen MR) is 92.7 cm³/mol. The van der Waals surface area contributed by atoms with Crippen LogP contribution in [0.1, 0.15) is 6.92 Å². The van der Waals surface area contributed by atoms with Gasteiger partial charge in [0, 0.05) is 40.3 Å². The molecular formula is C15H21N7O4. The van der Waals surface area contributed by atoms with E-state index < -0.39 is 12.1 Å². The molecule has 0 saturated carbocycles. The minimum Gasteiger partial charge on any atom is -0.466 e. The Kier molecular flexibility index (Phi) is 6.04. The number of nitrogens with zero attached hydrogens (tertiary/aromatic N) is 7. The lowest BCUT2D eigenvalue weighted by Crippen LogP contribution is -2.25. The van der Waals surface area contributed by atoms with Crippen LogP contribution in [0.4, 0.5) is 11.9 Å². The summed E-state index contributed by atoms with van der Waals surface area (Å²) in [5.74, 6) is 0.708. The first-order valence-corrected chi connectivity index (χ1v) is 7.67. The molecule has 0 aliphatic rings. The van der Waals surface area contributed by atoms with Crippen LogP contribution in [-0.2, 0) is 9.53 Å². The summed E-state index contributed by atoms with van der Waals surface area (Å²) < 4.78 is 15.4. The molecule has 0 radical (unpaired) electrons. The second-order valence-corrected chi connectivity index (χ2v) is 5.60. The van der Waals surface area contributed by atoms with Crippen LogP contribution in [0.25, 0.3) is 0 Å². The SMILES string of the molecule is COC(=O)[C@H](C)Oc1ccc(Oc2nc(N(C)C)nc(N(C)C)n2)nn1. The van der Waals surface area contributed by atoms with Gasteiger partial charge in [-0.2, -0.15) is 15.0 Å². The van der Waals surface area contributed by atoms with Crippen molar-refractivity contribution in [2.75, 3.05) is 45.1 Å². The van der Waals surface area contributed by atoms with Gasteiger partial charge in [0.2, 0.25) is 23.7 Å². The van der Waals surface area contributed by atoms with Crippen LogP contribution in [0.5, 0.6) is 17.8 Å². The Morgan fingerprint density at radius 1 is 0.962 bits per heavy atom. The number of methoxy groups -OCH3 is 1. The molecule has 2 rings (SSSR count). The molecule has 26 heavy (non-hydrogen) atoms. The van der Waals surface area contributed by atoms with Gasteiger partial charge in [-0.15, -0.1) is 10.2 Å². The molecule has 0 bridgehead atoms. The molecule has 1 atom stereocenters. The molecule has 2 aromatic rings. The van der Waals surface area contributed by atoms with E-state index in [0.29, 0.717) is 11.9 Å². The lowest BCUT2D eigenvalue weighted by molar-refractivity contribution is -0.148. The van der Waals surface area contributed by atoms with E-state index in [1.807, 2.05) is 28.2 Å². The average Bonchev–Trinajstić information content (AvgIpc) is 2.62. The molecule has 11 heteroatoms. The number of ether oxygens (including phenoxy) is 3. The van der Waals surface area contributed by atoms with Crippen molar-refractivity contribution in [1.82, 2.24) is 25.1 Å². The van der Waals surface area contributed by atoms with Crippen LogP contribution < -0.4 is 19.3 Å². The molecule has 0 aromatic carbocycles. The maximum absolute atomic E-state index is 11.3. The molecule has 0 unspecified atom stereocenters. The number of aromatic nitrogens is 5. The Labute approximate surface area is 150 Å². The Balaban J connectivity index is 2.14. The zero-order valence-corrected chi connectivity index (χ0v) is 15.5. The van der Waals surface area contributed by atoms with Gasteiger partial charge in [-0.25, -0.2) is 4.79 Å². The van der Waals surface area contributed by atoms with Crippen molar-refractivity contribution in [3.63, 3.8) is 0 Å². The summed E-state index contributed by atoms with van der Waals surface area (Å²) in [5.41, 5.74) is 0. The fourth-order valence-corrected chi connectivity index (χ4v) is 1.69. The molecule has 0 fully saturated rings. The average molecular weight is 363 g/mol. The zero-order valence-electron chi connectivity index (χ0n) is 15.5. The Morgan fingerprint density at radius 3 is 1.96 bits per heavy atom. The van der Waals surface area contributed by atoms with Crippen molar-refractivity contribution in [2.24, 2.45) is 0 Å². The molecule has 2 aromatic heterocycles. The van der Waals surface area contributed by atoms with Gasteiger partial charge in [-0.05, 0) is 6.92 Å². The highest BCUT2D eigenvalue weighted by molar-refractivity contribution is 5.74. The summed E-state index contributed by atoms with van der Waals surface area (Å²) >= 11 is 0. The first-order valence-electron chi connectivity index (χ1n) is 7.67. The number of carbonyl (C=O) groups is 1. The van der Waals surface area contributed by atoms with Gasteiger partial charge in [0.25, 0.3) is 0 Å². The quantitative estimate of drug-likeness (QED) is 0.641. The summed E-state index contributed by atoms with van der Waals surface area (Å²) in [4.78, 5) is 27.5. The summed E-state index contributed by atoms with van der Waals surface area (Å²) in [7, 11) is 8.53. The number of esters is 1. The van der Waals surface area contributed by atoms with Crippen LogP contribution in [0.15, 0.2) is 12.1 Å². The first kappa shape index (κ1) is 19.1. The standard InChI is InChI=1S/C15H21N7O4/c1-9(12(23)24-6)25-10-7-8-11(20-19-10)26-15-17-13(21(2)3)16-14(18-15)22(4)5/h7-9H,1-6H3/t9-/m0/s1. The van der Waals surface area contributed by atoms with E-state index >= 15 is 0 Å². The van der Waals surface area contributed by atoms with Crippen molar-refractivity contribution < 1.29 is 19.0 Å². The van der Waals surface area contributed by atoms with E-state index in [-0.39, 0.29) is 17.8 Å². The fourth-order valence-electron chi connectivity index (χ4n) is 1.69. The molecule has 0 amide bonds. The maximum Gasteiger partial charge on any atom is 0.346 e. The third-order valence-electron chi connectivity index (χ3n) is 3.03. The lowest BCUT2D eigenvalue weighted by Gasteiger charge is -2.15. The van der Waals surface area contributed by atoms with Crippen molar-refractivity contribution >= 4 is 17.9 Å². The van der Waals surface area contributed by atoms with Crippen molar-refractivity contribution in [3.05, 3.63) is 12.1 Å². The monoisotopic (exact) mass is 363 g/mol. The molecule has 0 saturated heterocycles. The fraction of sp³-hybridized carbons (Fsp3) is 0.467. The van der Waals surface area contributed by atoms with E-state index in [4.69, 9.17) is 9.47 Å². The van der Waals surface area contributed by atoms with E-state index in [0.717, 1.165) is 0 Å².